The highest BCUT2D eigenvalue weighted by Crippen LogP contribution is 2.29. The molecule has 0 saturated heterocycles. The number of hydrogen-bond acceptors (Lipinski definition) is 4. The van der Waals surface area contributed by atoms with Crippen LogP contribution in [0.3, 0.4) is 0 Å². The lowest BCUT2D eigenvalue weighted by Gasteiger charge is -2.06. The lowest BCUT2D eigenvalue weighted by molar-refractivity contribution is 0.602. The van der Waals surface area contributed by atoms with Gasteiger partial charge in [-0.05, 0) is 25.1 Å². The summed E-state index contributed by atoms with van der Waals surface area (Å²) in [5.74, 6) is 0.526. The van der Waals surface area contributed by atoms with Gasteiger partial charge in [0.25, 0.3) is 0 Å². The van der Waals surface area contributed by atoms with Gasteiger partial charge in [0, 0.05) is 16.8 Å². The predicted octanol–water partition coefficient (Wildman–Crippen LogP) is 2.78. The molecule has 0 bridgehead atoms. The van der Waals surface area contributed by atoms with Crippen LogP contribution < -0.4 is 5.73 Å². The highest BCUT2D eigenvalue weighted by Gasteiger charge is 2.09. The number of fused-ring (bicyclic) bond motifs is 1. The molecule has 0 aliphatic heterocycles. The first-order chi connectivity index (χ1) is 8.25. The summed E-state index contributed by atoms with van der Waals surface area (Å²) in [6.07, 6.45) is 1.45. The number of nitrogens with zero attached hydrogens (tertiary/aromatic N) is 2. The number of aryl methyl sites for hydroxylation is 1. The van der Waals surface area contributed by atoms with Gasteiger partial charge >= 0.3 is 0 Å². The van der Waals surface area contributed by atoms with E-state index in [1.54, 1.807) is 6.07 Å². The second-order valence-corrected chi connectivity index (χ2v) is 3.87. The fraction of sp³-hybridized carbons (Fsp3) is 0.0769. The Labute approximate surface area is 98.1 Å². The molecule has 2 N–H and O–H groups in total. The van der Waals surface area contributed by atoms with Crippen LogP contribution in [0.25, 0.3) is 22.2 Å². The third-order valence-corrected chi connectivity index (χ3v) is 2.76. The third-order valence-electron chi connectivity index (χ3n) is 2.76. The standard InChI is InChI=1S/C13H11N3O/c1-8-9(5-6-12(14)16-8)10-3-2-4-11-13(10)15-7-17-11/h2-7H,1H3,(H2,14,16). The Bertz CT molecular complexity index is 688. The summed E-state index contributed by atoms with van der Waals surface area (Å²) in [6.45, 7) is 1.94. The summed E-state index contributed by atoms with van der Waals surface area (Å²) >= 11 is 0. The zero-order chi connectivity index (χ0) is 11.8. The van der Waals surface area contributed by atoms with Gasteiger partial charge in [0.1, 0.15) is 11.3 Å². The second kappa shape index (κ2) is 3.59. The van der Waals surface area contributed by atoms with Crippen LogP contribution in [0.5, 0.6) is 0 Å². The number of oxazole rings is 1. The van der Waals surface area contributed by atoms with Crippen molar-refractivity contribution in [3.05, 3.63) is 42.4 Å². The number of nitrogen functional groups attached to an aromatic ring is 1. The van der Waals surface area contributed by atoms with E-state index in [9.17, 15) is 0 Å². The van der Waals surface area contributed by atoms with Crippen molar-refractivity contribution < 1.29 is 4.42 Å². The van der Waals surface area contributed by atoms with Crippen molar-refractivity contribution in [3.63, 3.8) is 0 Å². The van der Waals surface area contributed by atoms with E-state index < -0.39 is 0 Å². The normalized spacial score (nSPS) is 10.9. The molecule has 84 valence electrons. The summed E-state index contributed by atoms with van der Waals surface area (Å²) in [6, 6.07) is 9.60. The Morgan fingerprint density at radius 2 is 2.00 bits per heavy atom. The number of nitrogens with two attached hydrogens (primary N) is 1. The van der Waals surface area contributed by atoms with Gasteiger partial charge in [0.05, 0.1) is 0 Å². The lowest BCUT2D eigenvalue weighted by Crippen LogP contribution is -1.94. The van der Waals surface area contributed by atoms with Crippen LogP contribution in [0, 0.1) is 6.92 Å². The Balaban J connectivity index is 2.30. The van der Waals surface area contributed by atoms with Crippen LogP contribution in [0.4, 0.5) is 5.82 Å². The highest BCUT2D eigenvalue weighted by atomic mass is 16.3. The zero-order valence-electron chi connectivity index (χ0n) is 9.34. The number of anilines is 1. The molecule has 0 radical (unpaired) electrons. The summed E-state index contributed by atoms with van der Waals surface area (Å²) in [5, 5.41) is 0. The summed E-state index contributed by atoms with van der Waals surface area (Å²) in [4.78, 5) is 8.49. The van der Waals surface area contributed by atoms with Gasteiger partial charge in [-0.2, -0.15) is 0 Å². The molecule has 2 aromatic heterocycles. The van der Waals surface area contributed by atoms with E-state index in [0.29, 0.717) is 5.82 Å². The first-order valence-corrected chi connectivity index (χ1v) is 5.31. The van der Waals surface area contributed by atoms with E-state index in [0.717, 1.165) is 27.9 Å². The third kappa shape index (κ3) is 1.54. The van der Waals surface area contributed by atoms with Crippen molar-refractivity contribution in [2.24, 2.45) is 0 Å². The molecule has 3 rings (SSSR count). The van der Waals surface area contributed by atoms with Gasteiger partial charge in [0.2, 0.25) is 0 Å². The van der Waals surface area contributed by atoms with Crippen molar-refractivity contribution in [2.75, 3.05) is 5.73 Å². The molecule has 4 nitrogen and oxygen atoms in total. The molecular formula is C13H11N3O. The molecule has 0 aliphatic carbocycles. The average Bonchev–Trinajstić information content (AvgIpc) is 2.77. The number of benzene rings is 1. The van der Waals surface area contributed by atoms with Crippen molar-refractivity contribution in [1.82, 2.24) is 9.97 Å². The molecule has 17 heavy (non-hydrogen) atoms. The molecule has 1 aromatic carbocycles. The van der Waals surface area contributed by atoms with E-state index >= 15 is 0 Å². The lowest BCUT2D eigenvalue weighted by atomic mass is 10.0. The Hall–Kier alpha value is -2.36. The van der Waals surface area contributed by atoms with Gasteiger partial charge in [-0.3, -0.25) is 0 Å². The molecule has 0 unspecified atom stereocenters. The molecule has 0 amide bonds. The highest BCUT2D eigenvalue weighted by molar-refractivity contribution is 5.91. The van der Waals surface area contributed by atoms with Crippen LogP contribution in [-0.4, -0.2) is 9.97 Å². The van der Waals surface area contributed by atoms with E-state index in [2.05, 4.69) is 9.97 Å². The van der Waals surface area contributed by atoms with Crippen molar-refractivity contribution in [3.8, 4) is 11.1 Å². The fourth-order valence-corrected chi connectivity index (χ4v) is 1.97. The number of rotatable bonds is 1. The Kier molecular flexibility index (Phi) is 2.08. The largest absolute Gasteiger partial charge is 0.443 e. The Morgan fingerprint density at radius 3 is 2.82 bits per heavy atom. The van der Waals surface area contributed by atoms with Gasteiger partial charge in [-0.25, -0.2) is 9.97 Å². The van der Waals surface area contributed by atoms with E-state index in [1.165, 1.54) is 6.39 Å². The number of para-hydroxylation sites is 1. The van der Waals surface area contributed by atoms with E-state index in [1.807, 2.05) is 31.2 Å². The van der Waals surface area contributed by atoms with Crippen LogP contribution in [0.1, 0.15) is 5.69 Å². The molecular weight excluding hydrogens is 214 g/mol. The van der Waals surface area contributed by atoms with E-state index in [4.69, 9.17) is 10.2 Å². The molecule has 0 atom stereocenters. The first kappa shape index (κ1) is 9.84. The van der Waals surface area contributed by atoms with Gasteiger partial charge < -0.3 is 10.2 Å². The number of pyridine rings is 1. The Morgan fingerprint density at radius 1 is 1.12 bits per heavy atom. The van der Waals surface area contributed by atoms with Crippen molar-refractivity contribution in [2.45, 2.75) is 6.92 Å². The van der Waals surface area contributed by atoms with Crippen molar-refractivity contribution in [1.29, 1.82) is 0 Å². The summed E-state index contributed by atoms with van der Waals surface area (Å²) < 4.78 is 5.29. The molecule has 2 heterocycles. The van der Waals surface area contributed by atoms with Gasteiger partial charge in [-0.15, -0.1) is 0 Å². The van der Waals surface area contributed by atoms with Crippen LogP contribution >= 0.6 is 0 Å². The monoisotopic (exact) mass is 225 g/mol. The molecule has 0 aliphatic rings. The summed E-state index contributed by atoms with van der Waals surface area (Å²) in [5.41, 5.74) is 10.2. The predicted molar refractivity (Wildman–Crippen MR) is 66.4 cm³/mol. The minimum Gasteiger partial charge on any atom is -0.443 e. The van der Waals surface area contributed by atoms with Crippen LogP contribution in [-0.2, 0) is 0 Å². The average molecular weight is 225 g/mol. The molecule has 0 fully saturated rings. The van der Waals surface area contributed by atoms with Gasteiger partial charge in [-0.1, -0.05) is 12.1 Å². The number of hydrogen-bond donors (Lipinski definition) is 1. The second-order valence-electron chi connectivity index (χ2n) is 3.87. The fourth-order valence-electron chi connectivity index (χ4n) is 1.97. The van der Waals surface area contributed by atoms with Crippen LogP contribution in [0.15, 0.2) is 41.1 Å². The van der Waals surface area contributed by atoms with Crippen molar-refractivity contribution >= 4 is 16.9 Å². The molecule has 3 aromatic rings. The zero-order valence-corrected chi connectivity index (χ0v) is 9.34. The summed E-state index contributed by atoms with van der Waals surface area (Å²) in [7, 11) is 0. The maximum atomic E-state index is 5.65. The molecule has 0 saturated carbocycles. The SMILES string of the molecule is Cc1nc(N)ccc1-c1cccc2ocnc12. The maximum Gasteiger partial charge on any atom is 0.182 e. The first-order valence-electron chi connectivity index (χ1n) is 5.31. The van der Waals surface area contributed by atoms with Gasteiger partial charge in [0.15, 0.2) is 12.0 Å². The smallest absolute Gasteiger partial charge is 0.182 e. The quantitative estimate of drug-likeness (QED) is 0.691. The van der Waals surface area contributed by atoms with E-state index in [-0.39, 0.29) is 0 Å². The number of aromatic nitrogens is 2. The molecule has 0 spiro atoms. The minimum absolute atomic E-state index is 0.526. The van der Waals surface area contributed by atoms with Crippen LogP contribution in [0.2, 0.25) is 0 Å². The topological polar surface area (TPSA) is 64.9 Å². The molecule has 4 heteroatoms. The maximum absolute atomic E-state index is 5.65. The minimum atomic E-state index is 0.526.